The lowest BCUT2D eigenvalue weighted by molar-refractivity contribution is 0.0188. The minimum absolute atomic E-state index is 0.216. The van der Waals surface area contributed by atoms with Crippen molar-refractivity contribution in [3.05, 3.63) is 59.1 Å². The Labute approximate surface area is 194 Å². The van der Waals surface area contributed by atoms with E-state index in [9.17, 15) is 4.79 Å². The van der Waals surface area contributed by atoms with E-state index in [4.69, 9.17) is 21.3 Å². The number of piperidine rings is 1. The van der Waals surface area contributed by atoms with Gasteiger partial charge in [-0.2, -0.15) is 0 Å². The lowest BCUT2D eigenvalue weighted by Crippen LogP contribution is -2.42. The molecule has 0 unspecified atom stereocenters. The second kappa shape index (κ2) is 9.41. The fraction of sp³-hybridized carbons (Fsp3) is 0.440. The number of nitrogens with zero attached hydrogens (tertiary/aromatic N) is 3. The number of likely N-dealkylation sites (tertiary alicyclic amines) is 1. The molecule has 1 aromatic heterocycles. The van der Waals surface area contributed by atoms with E-state index >= 15 is 0 Å². The number of benzene rings is 2. The Hall–Kier alpha value is -2.73. The van der Waals surface area contributed by atoms with Crippen molar-refractivity contribution in [2.24, 2.45) is 5.92 Å². The van der Waals surface area contributed by atoms with Crippen LogP contribution >= 0.6 is 11.6 Å². The standard InChI is InChI=1S/C25H31ClN4O2/c1-25(2,3)32-24(31)29-13-11-18(12-14-29)16-27-23-28-21-9-4-5-10-22(21)30(23)17-19-7-6-8-20(26)15-19/h4-10,15,18H,11-14,16-17H2,1-3H3,(H,27,28). The molecule has 1 aliphatic heterocycles. The number of amides is 1. The summed E-state index contributed by atoms with van der Waals surface area (Å²) >= 11 is 6.20. The number of ether oxygens (including phenoxy) is 1. The van der Waals surface area contributed by atoms with Gasteiger partial charge in [-0.3, -0.25) is 0 Å². The number of fused-ring (bicyclic) bond motifs is 1. The van der Waals surface area contributed by atoms with Gasteiger partial charge in [0.25, 0.3) is 0 Å². The van der Waals surface area contributed by atoms with Crippen LogP contribution in [0.15, 0.2) is 48.5 Å². The van der Waals surface area contributed by atoms with Gasteiger partial charge in [-0.15, -0.1) is 0 Å². The third-order valence-electron chi connectivity index (χ3n) is 5.70. The van der Waals surface area contributed by atoms with Crippen LogP contribution in [0, 0.1) is 5.92 Å². The lowest BCUT2D eigenvalue weighted by atomic mass is 9.97. The van der Waals surface area contributed by atoms with Gasteiger partial charge in [0.1, 0.15) is 5.60 Å². The van der Waals surface area contributed by atoms with Crippen LogP contribution in [0.3, 0.4) is 0 Å². The van der Waals surface area contributed by atoms with Gasteiger partial charge in [-0.25, -0.2) is 9.78 Å². The number of carbonyl (C=O) groups excluding carboxylic acids is 1. The molecule has 0 aliphatic carbocycles. The summed E-state index contributed by atoms with van der Waals surface area (Å²) in [4.78, 5) is 19.0. The molecule has 0 radical (unpaired) electrons. The molecule has 2 aromatic carbocycles. The van der Waals surface area contributed by atoms with Crippen LogP contribution in [0.25, 0.3) is 11.0 Å². The van der Waals surface area contributed by atoms with Crippen molar-refractivity contribution in [1.82, 2.24) is 14.5 Å². The van der Waals surface area contributed by atoms with E-state index in [0.717, 1.165) is 60.0 Å². The molecule has 1 aliphatic rings. The molecule has 0 spiro atoms. The third kappa shape index (κ3) is 5.54. The van der Waals surface area contributed by atoms with Crippen LogP contribution in [0.2, 0.25) is 5.02 Å². The van der Waals surface area contributed by atoms with E-state index in [0.29, 0.717) is 12.5 Å². The highest BCUT2D eigenvalue weighted by Gasteiger charge is 2.27. The summed E-state index contributed by atoms with van der Waals surface area (Å²) in [6.07, 6.45) is 1.67. The topological polar surface area (TPSA) is 59.4 Å². The lowest BCUT2D eigenvalue weighted by Gasteiger charge is -2.33. The highest BCUT2D eigenvalue weighted by molar-refractivity contribution is 6.30. The number of hydrogen-bond donors (Lipinski definition) is 1. The largest absolute Gasteiger partial charge is 0.444 e. The third-order valence-corrected chi connectivity index (χ3v) is 5.93. The van der Waals surface area contributed by atoms with Crippen LogP contribution in [-0.4, -0.2) is 45.8 Å². The number of anilines is 1. The quantitative estimate of drug-likeness (QED) is 0.529. The number of carbonyl (C=O) groups is 1. The summed E-state index contributed by atoms with van der Waals surface area (Å²) in [7, 11) is 0. The van der Waals surface area contributed by atoms with Crippen molar-refractivity contribution in [2.75, 3.05) is 25.0 Å². The Kier molecular flexibility index (Phi) is 6.60. The van der Waals surface area contributed by atoms with Crippen molar-refractivity contribution in [1.29, 1.82) is 0 Å². The van der Waals surface area contributed by atoms with Gasteiger partial charge < -0.3 is 19.5 Å². The minimum atomic E-state index is -0.461. The molecular weight excluding hydrogens is 424 g/mol. The van der Waals surface area contributed by atoms with E-state index < -0.39 is 5.60 Å². The van der Waals surface area contributed by atoms with Crippen LogP contribution in [0.5, 0.6) is 0 Å². The van der Waals surface area contributed by atoms with Gasteiger partial charge in [-0.05, 0) is 69.4 Å². The first-order valence-electron chi connectivity index (χ1n) is 11.2. The summed E-state index contributed by atoms with van der Waals surface area (Å²) in [5, 5.41) is 4.31. The Balaban J connectivity index is 1.41. The Morgan fingerprint density at radius 2 is 1.91 bits per heavy atom. The molecule has 1 saturated heterocycles. The summed E-state index contributed by atoms with van der Waals surface area (Å²) in [6, 6.07) is 16.1. The summed E-state index contributed by atoms with van der Waals surface area (Å²) in [5.41, 5.74) is 2.73. The predicted molar refractivity (Wildman–Crippen MR) is 129 cm³/mol. The maximum atomic E-state index is 12.3. The summed E-state index contributed by atoms with van der Waals surface area (Å²) < 4.78 is 7.71. The van der Waals surface area contributed by atoms with Crippen LogP contribution < -0.4 is 5.32 Å². The van der Waals surface area contributed by atoms with Gasteiger partial charge in [0.2, 0.25) is 5.95 Å². The molecule has 4 rings (SSSR count). The predicted octanol–water partition coefficient (Wildman–Crippen LogP) is 5.80. The fourth-order valence-electron chi connectivity index (χ4n) is 4.07. The Morgan fingerprint density at radius 3 is 2.62 bits per heavy atom. The van der Waals surface area contributed by atoms with E-state index in [1.165, 1.54) is 0 Å². The molecule has 1 amide bonds. The molecule has 2 heterocycles. The number of hydrogen-bond acceptors (Lipinski definition) is 4. The Morgan fingerprint density at radius 1 is 1.16 bits per heavy atom. The second-order valence-electron chi connectivity index (χ2n) is 9.43. The zero-order valence-electron chi connectivity index (χ0n) is 19.0. The maximum absolute atomic E-state index is 12.3. The highest BCUT2D eigenvalue weighted by Crippen LogP contribution is 2.24. The van der Waals surface area contributed by atoms with E-state index in [-0.39, 0.29) is 6.09 Å². The highest BCUT2D eigenvalue weighted by atomic mass is 35.5. The molecule has 0 atom stereocenters. The number of rotatable bonds is 5. The number of nitrogens with one attached hydrogen (secondary N) is 1. The van der Waals surface area contributed by atoms with Crippen molar-refractivity contribution >= 4 is 34.7 Å². The fourth-order valence-corrected chi connectivity index (χ4v) is 4.28. The van der Waals surface area contributed by atoms with Gasteiger partial charge in [-0.1, -0.05) is 35.9 Å². The first-order valence-corrected chi connectivity index (χ1v) is 11.6. The van der Waals surface area contributed by atoms with E-state index in [2.05, 4.69) is 22.0 Å². The van der Waals surface area contributed by atoms with E-state index in [1.807, 2.05) is 62.1 Å². The van der Waals surface area contributed by atoms with Crippen molar-refractivity contribution in [3.63, 3.8) is 0 Å². The molecule has 0 saturated carbocycles. The average molecular weight is 455 g/mol. The zero-order chi connectivity index (χ0) is 22.7. The van der Waals surface area contributed by atoms with Crippen molar-refractivity contribution < 1.29 is 9.53 Å². The van der Waals surface area contributed by atoms with E-state index in [1.54, 1.807) is 0 Å². The molecule has 170 valence electrons. The molecule has 1 fully saturated rings. The second-order valence-corrected chi connectivity index (χ2v) is 9.87. The number of halogens is 1. The molecule has 1 N–H and O–H groups in total. The van der Waals surface area contributed by atoms with Gasteiger partial charge in [0.05, 0.1) is 17.6 Å². The average Bonchev–Trinajstić information content (AvgIpc) is 3.09. The zero-order valence-corrected chi connectivity index (χ0v) is 19.7. The smallest absolute Gasteiger partial charge is 0.410 e. The molecule has 3 aromatic rings. The van der Waals surface area contributed by atoms with Crippen molar-refractivity contribution in [2.45, 2.75) is 45.8 Å². The van der Waals surface area contributed by atoms with Crippen LogP contribution in [-0.2, 0) is 11.3 Å². The summed E-state index contributed by atoms with van der Waals surface area (Å²) in [5.74, 6) is 1.34. The maximum Gasteiger partial charge on any atom is 0.410 e. The molecule has 0 bridgehead atoms. The molecule has 32 heavy (non-hydrogen) atoms. The molecule has 6 nitrogen and oxygen atoms in total. The minimum Gasteiger partial charge on any atom is -0.444 e. The van der Waals surface area contributed by atoms with Crippen LogP contribution in [0.1, 0.15) is 39.2 Å². The van der Waals surface area contributed by atoms with Gasteiger partial charge in [0.15, 0.2) is 0 Å². The number of imidazole rings is 1. The first kappa shape index (κ1) is 22.5. The number of para-hydroxylation sites is 2. The van der Waals surface area contributed by atoms with Crippen LogP contribution in [0.4, 0.5) is 10.7 Å². The molecule has 7 heteroatoms. The summed E-state index contributed by atoms with van der Waals surface area (Å²) in [6.45, 7) is 8.66. The Bertz CT molecular complexity index is 1080. The normalized spacial score (nSPS) is 15.2. The monoisotopic (exact) mass is 454 g/mol. The van der Waals surface area contributed by atoms with Crippen molar-refractivity contribution in [3.8, 4) is 0 Å². The number of aromatic nitrogens is 2. The van der Waals surface area contributed by atoms with Gasteiger partial charge in [0, 0.05) is 24.7 Å². The van der Waals surface area contributed by atoms with Gasteiger partial charge >= 0.3 is 6.09 Å². The molecular formula is C25H31ClN4O2. The first-order chi connectivity index (χ1) is 15.3. The SMILES string of the molecule is CC(C)(C)OC(=O)N1CCC(CNc2nc3ccccc3n2Cc2cccc(Cl)c2)CC1.